The van der Waals surface area contributed by atoms with Gasteiger partial charge in [0.15, 0.2) is 5.78 Å². The van der Waals surface area contributed by atoms with E-state index in [9.17, 15) is 14.7 Å². The molecule has 0 spiro atoms. The monoisotopic (exact) mass is 524 g/mol. The molecule has 0 saturated carbocycles. The molecule has 1 atom stereocenters. The van der Waals surface area contributed by atoms with Gasteiger partial charge in [0.2, 0.25) is 5.89 Å². The van der Waals surface area contributed by atoms with Crippen LogP contribution in [0.4, 0.5) is 0 Å². The number of nitrogens with one attached hydrogen (secondary N) is 1. The third kappa shape index (κ3) is 7.68. The topological polar surface area (TPSA) is 102 Å². The number of aromatic nitrogens is 1. The molecule has 1 aromatic heterocycles. The van der Waals surface area contributed by atoms with Gasteiger partial charge in [0.1, 0.15) is 17.6 Å². The van der Waals surface area contributed by atoms with Crippen LogP contribution in [0.3, 0.4) is 0 Å². The van der Waals surface area contributed by atoms with Crippen LogP contribution in [0.15, 0.2) is 101 Å². The van der Waals surface area contributed by atoms with Gasteiger partial charge in [0.05, 0.1) is 12.3 Å². The maximum atomic E-state index is 12.5. The molecule has 7 nitrogen and oxygen atoms in total. The van der Waals surface area contributed by atoms with Crippen molar-refractivity contribution in [2.75, 3.05) is 6.61 Å². The number of ether oxygens (including phenoxy) is 1. The lowest BCUT2D eigenvalue weighted by molar-refractivity contribution is -0.139. The highest BCUT2D eigenvalue weighted by Gasteiger charge is 2.19. The summed E-state index contributed by atoms with van der Waals surface area (Å²) in [6, 6.07) is 25.2. The van der Waals surface area contributed by atoms with E-state index >= 15 is 0 Å². The molecule has 0 saturated heterocycles. The number of hydrogen-bond donors (Lipinski definition) is 2. The van der Waals surface area contributed by atoms with Crippen molar-refractivity contribution in [3.8, 4) is 17.2 Å². The second-order valence-electron chi connectivity index (χ2n) is 9.12. The number of aryl methyl sites for hydroxylation is 1. The molecule has 0 radical (unpaired) electrons. The van der Waals surface area contributed by atoms with Crippen molar-refractivity contribution in [3.05, 3.63) is 119 Å². The van der Waals surface area contributed by atoms with Crippen molar-refractivity contribution in [1.29, 1.82) is 0 Å². The predicted octanol–water partition coefficient (Wildman–Crippen LogP) is 6.03. The molecule has 0 fully saturated rings. The Morgan fingerprint density at radius 1 is 1.00 bits per heavy atom. The molecule has 0 aliphatic rings. The van der Waals surface area contributed by atoms with Gasteiger partial charge in [0, 0.05) is 35.7 Å². The van der Waals surface area contributed by atoms with Crippen LogP contribution in [0.2, 0.25) is 0 Å². The first-order valence-corrected chi connectivity index (χ1v) is 13.0. The standard InChI is InChI=1S/C32H32N2O5/c1-3-26(21-30(35)24-10-6-4-7-11-24)33-29(32(36)37)20-23-14-16-27(17-15-23)38-19-18-28-22(2)39-31(34-28)25-12-8-5-9-13-25/h4-17,21,29,33H,3,18-20H2,1-2H3,(H,36,37)/b26-21-/t29-/m0/s1. The molecule has 0 aliphatic carbocycles. The second kappa shape index (κ2) is 13.2. The summed E-state index contributed by atoms with van der Waals surface area (Å²) in [5, 5.41) is 12.8. The Morgan fingerprint density at radius 3 is 2.31 bits per heavy atom. The van der Waals surface area contributed by atoms with Crippen LogP contribution in [0.25, 0.3) is 11.5 Å². The normalized spacial score (nSPS) is 12.1. The summed E-state index contributed by atoms with van der Waals surface area (Å²) >= 11 is 0. The number of carboxylic acids is 1. The minimum Gasteiger partial charge on any atom is -0.493 e. The Labute approximate surface area is 228 Å². The van der Waals surface area contributed by atoms with E-state index in [0.29, 0.717) is 42.3 Å². The first-order chi connectivity index (χ1) is 18.9. The molecule has 4 rings (SSSR count). The highest BCUT2D eigenvalue weighted by Crippen LogP contribution is 2.22. The van der Waals surface area contributed by atoms with Crippen LogP contribution in [0.1, 0.15) is 40.7 Å². The van der Waals surface area contributed by atoms with E-state index < -0.39 is 12.0 Å². The molecule has 4 aromatic rings. The SMILES string of the molecule is CC/C(=C/C(=O)c1ccccc1)N[C@@H](Cc1ccc(OCCc2nc(-c3ccccc3)oc2C)cc1)C(=O)O. The summed E-state index contributed by atoms with van der Waals surface area (Å²) in [5.41, 5.74) is 3.76. The van der Waals surface area contributed by atoms with E-state index in [4.69, 9.17) is 9.15 Å². The number of aliphatic carboxylic acids is 1. The zero-order valence-corrected chi connectivity index (χ0v) is 22.1. The summed E-state index contributed by atoms with van der Waals surface area (Å²) in [4.78, 5) is 29.1. The van der Waals surface area contributed by atoms with E-state index in [-0.39, 0.29) is 12.2 Å². The van der Waals surface area contributed by atoms with Crippen molar-refractivity contribution in [2.24, 2.45) is 0 Å². The van der Waals surface area contributed by atoms with Gasteiger partial charge >= 0.3 is 5.97 Å². The molecule has 0 amide bonds. The quantitative estimate of drug-likeness (QED) is 0.163. The number of allylic oxidation sites excluding steroid dienone is 2. The van der Waals surface area contributed by atoms with Crippen LogP contribution in [0.5, 0.6) is 5.75 Å². The van der Waals surface area contributed by atoms with Crippen LogP contribution in [-0.4, -0.2) is 34.5 Å². The molecule has 39 heavy (non-hydrogen) atoms. The number of nitrogens with zero attached hydrogens (tertiary/aromatic N) is 1. The molecular weight excluding hydrogens is 492 g/mol. The summed E-state index contributed by atoms with van der Waals surface area (Å²) in [5.74, 6) is 0.901. The minimum absolute atomic E-state index is 0.164. The summed E-state index contributed by atoms with van der Waals surface area (Å²) < 4.78 is 11.7. The predicted molar refractivity (Wildman–Crippen MR) is 150 cm³/mol. The lowest BCUT2D eigenvalue weighted by atomic mass is 10.0. The average Bonchev–Trinajstić information content (AvgIpc) is 3.34. The third-order valence-corrected chi connectivity index (χ3v) is 6.29. The van der Waals surface area contributed by atoms with E-state index in [1.54, 1.807) is 24.3 Å². The lowest BCUT2D eigenvalue weighted by Crippen LogP contribution is -2.38. The van der Waals surface area contributed by atoms with Crippen molar-refractivity contribution < 1.29 is 23.8 Å². The zero-order valence-electron chi connectivity index (χ0n) is 22.1. The van der Waals surface area contributed by atoms with Crippen LogP contribution in [-0.2, 0) is 17.6 Å². The molecule has 7 heteroatoms. The Morgan fingerprint density at radius 2 is 1.67 bits per heavy atom. The number of ketones is 1. The fraction of sp³-hybridized carbons (Fsp3) is 0.219. The van der Waals surface area contributed by atoms with Gasteiger partial charge < -0.3 is 19.6 Å². The molecule has 0 bridgehead atoms. The van der Waals surface area contributed by atoms with E-state index in [1.165, 1.54) is 6.08 Å². The molecule has 1 heterocycles. The maximum Gasteiger partial charge on any atom is 0.326 e. The minimum atomic E-state index is -0.986. The van der Waals surface area contributed by atoms with Gasteiger partial charge in [-0.05, 0) is 43.2 Å². The first kappa shape index (κ1) is 27.4. The molecule has 0 aliphatic heterocycles. The first-order valence-electron chi connectivity index (χ1n) is 13.0. The van der Waals surface area contributed by atoms with Crippen molar-refractivity contribution in [1.82, 2.24) is 10.3 Å². The highest BCUT2D eigenvalue weighted by molar-refractivity contribution is 6.04. The molecule has 3 aromatic carbocycles. The van der Waals surface area contributed by atoms with Crippen molar-refractivity contribution in [3.63, 3.8) is 0 Å². The summed E-state index contributed by atoms with van der Waals surface area (Å²) in [6.07, 6.45) is 2.84. The number of hydrogen-bond acceptors (Lipinski definition) is 6. The number of carbonyl (C=O) groups excluding carboxylic acids is 1. The molecule has 200 valence electrons. The van der Waals surface area contributed by atoms with E-state index in [2.05, 4.69) is 10.3 Å². The van der Waals surface area contributed by atoms with Crippen molar-refractivity contribution >= 4 is 11.8 Å². The van der Waals surface area contributed by atoms with Crippen LogP contribution < -0.4 is 10.1 Å². The maximum absolute atomic E-state index is 12.5. The Balaban J connectivity index is 1.32. The molecular formula is C32H32N2O5. The van der Waals surface area contributed by atoms with Gasteiger partial charge in [-0.3, -0.25) is 4.79 Å². The average molecular weight is 525 g/mol. The number of carbonyl (C=O) groups is 2. The lowest BCUT2D eigenvalue weighted by Gasteiger charge is -2.18. The van der Waals surface area contributed by atoms with Gasteiger partial charge in [-0.1, -0.05) is 67.6 Å². The van der Waals surface area contributed by atoms with Gasteiger partial charge in [-0.2, -0.15) is 0 Å². The fourth-order valence-corrected chi connectivity index (χ4v) is 4.10. The number of benzene rings is 3. The number of carboxylic acid groups (broad SMARTS) is 1. The molecule has 2 N–H and O–H groups in total. The van der Waals surface area contributed by atoms with Crippen molar-refractivity contribution in [2.45, 2.75) is 39.2 Å². The number of oxazole rings is 1. The second-order valence-corrected chi connectivity index (χ2v) is 9.12. The largest absolute Gasteiger partial charge is 0.493 e. The van der Waals surface area contributed by atoms with Gasteiger partial charge in [0.25, 0.3) is 0 Å². The fourth-order valence-electron chi connectivity index (χ4n) is 4.10. The van der Waals surface area contributed by atoms with Crippen LogP contribution in [0, 0.1) is 6.92 Å². The highest BCUT2D eigenvalue weighted by atomic mass is 16.5. The zero-order chi connectivity index (χ0) is 27.6. The van der Waals surface area contributed by atoms with Gasteiger partial charge in [-0.15, -0.1) is 0 Å². The Hall–Kier alpha value is -4.65. The Kier molecular flexibility index (Phi) is 9.29. The van der Waals surface area contributed by atoms with E-state index in [0.717, 1.165) is 22.6 Å². The van der Waals surface area contributed by atoms with E-state index in [1.807, 2.05) is 74.5 Å². The third-order valence-electron chi connectivity index (χ3n) is 6.29. The summed E-state index contributed by atoms with van der Waals surface area (Å²) in [7, 11) is 0. The van der Waals surface area contributed by atoms with Gasteiger partial charge in [-0.25, -0.2) is 9.78 Å². The number of rotatable bonds is 13. The Bertz CT molecular complexity index is 1410. The summed E-state index contributed by atoms with van der Waals surface area (Å²) in [6.45, 7) is 4.21. The molecule has 0 unspecified atom stereocenters. The van der Waals surface area contributed by atoms with Crippen LogP contribution >= 0.6 is 0 Å². The smallest absolute Gasteiger partial charge is 0.326 e.